The van der Waals surface area contributed by atoms with E-state index in [-0.39, 0.29) is 0 Å². The van der Waals surface area contributed by atoms with Gasteiger partial charge in [0, 0.05) is 6.54 Å². The highest BCUT2D eigenvalue weighted by atomic mass is 16.6. The summed E-state index contributed by atoms with van der Waals surface area (Å²) in [5.74, 6) is 0.605. The Hall–Kier alpha value is -0.940. The molecular formula is C17H27NO3. The number of hydrogen-bond acceptors (Lipinski definition) is 4. The number of ether oxygens (including phenoxy) is 1. The highest BCUT2D eigenvalue weighted by molar-refractivity contribution is 5.13. The fourth-order valence-electron chi connectivity index (χ4n) is 2.69. The standard InChI is InChI=1S/C17H27NO3/c1-14-7-5-6-10-17(14)20-13-16(19)11-18-21-12-15-8-3-2-4-9-15/h2-4,8-9,14,16-19H,5-7,10-13H2,1H3. The molecule has 0 saturated heterocycles. The van der Waals surface area contributed by atoms with Crippen LogP contribution in [0.4, 0.5) is 0 Å². The summed E-state index contributed by atoms with van der Waals surface area (Å²) in [5, 5.41) is 9.90. The van der Waals surface area contributed by atoms with E-state index in [4.69, 9.17) is 9.57 Å². The van der Waals surface area contributed by atoms with E-state index >= 15 is 0 Å². The molecule has 3 unspecified atom stereocenters. The summed E-state index contributed by atoms with van der Waals surface area (Å²) in [6.45, 7) is 3.48. The van der Waals surface area contributed by atoms with E-state index in [1.807, 2.05) is 30.3 Å². The Labute approximate surface area is 127 Å². The van der Waals surface area contributed by atoms with Crippen LogP contribution in [-0.2, 0) is 16.2 Å². The second-order valence-electron chi connectivity index (χ2n) is 5.91. The van der Waals surface area contributed by atoms with Crippen molar-refractivity contribution in [2.45, 2.75) is 51.4 Å². The first-order valence-corrected chi connectivity index (χ1v) is 7.94. The summed E-state index contributed by atoms with van der Waals surface area (Å²) in [6, 6.07) is 9.95. The molecule has 2 N–H and O–H groups in total. The molecule has 0 radical (unpaired) electrons. The van der Waals surface area contributed by atoms with E-state index < -0.39 is 6.10 Å². The zero-order valence-corrected chi connectivity index (χ0v) is 12.8. The molecule has 118 valence electrons. The summed E-state index contributed by atoms with van der Waals surface area (Å²) >= 11 is 0. The Balaban J connectivity index is 1.54. The van der Waals surface area contributed by atoms with Gasteiger partial charge in [0.25, 0.3) is 0 Å². The minimum absolute atomic E-state index is 0.304. The van der Waals surface area contributed by atoms with E-state index in [0.717, 1.165) is 12.0 Å². The molecule has 0 amide bonds. The van der Waals surface area contributed by atoms with Crippen LogP contribution in [0.1, 0.15) is 38.2 Å². The molecule has 1 aliphatic carbocycles. The average Bonchev–Trinajstić information content (AvgIpc) is 2.52. The smallest absolute Gasteiger partial charge is 0.0933 e. The minimum atomic E-state index is -0.533. The Bertz CT molecular complexity index is 385. The van der Waals surface area contributed by atoms with Gasteiger partial charge < -0.3 is 9.84 Å². The van der Waals surface area contributed by atoms with Crippen molar-refractivity contribution >= 4 is 0 Å². The van der Waals surface area contributed by atoms with Gasteiger partial charge >= 0.3 is 0 Å². The largest absolute Gasteiger partial charge is 0.389 e. The first-order chi connectivity index (χ1) is 10.3. The van der Waals surface area contributed by atoms with Crippen molar-refractivity contribution in [3.8, 4) is 0 Å². The van der Waals surface area contributed by atoms with Crippen LogP contribution in [0.25, 0.3) is 0 Å². The van der Waals surface area contributed by atoms with Gasteiger partial charge in [0.05, 0.1) is 25.4 Å². The summed E-state index contributed by atoms with van der Waals surface area (Å²) in [7, 11) is 0. The molecule has 0 bridgehead atoms. The zero-order chi connectivity index (χ0) is 14.9. The minimum Gasteiger partial charge on any atom is -0.389 e. The number of aliphatic hydroxyl groups excluding tert-OH is 1. The van der Waals surface area contributed by atoms with Crippen molar-refractivity contribution in [1.29, 1.82) is 0 Å². The molecule has 1 aromatic rings. The van der Waals surface area contributed by atoms with Crippen molar-refractivity contribution in [3.05, 3.63) is 35.9 Å². The normalized spacial score (nSPS) is 23.9. The molecule has 2 rings (SSSR count). The van der Waals surface area contributed by atoms with Crippen LogP contribution in [0.15, 0.2) is 30.3 Å². The molecule has 3 atom stereocenters. The Kier molecular flexibility index (Phi) is 7.16. The van der Waals surface area contributed by atoms with Crippen molar-refractivity contribution in [1.82, 2.24) is 5.48 Å². The lowest BCUT2D eigenvalue weighted by Gasteiger charge is -2.29. The Morgan fingerprint density at radius 3 is 2.76 bits per heavy atom. The maximum absolute atomic E-state index is 9.90. The third-order valence-electron chi connectivity index (χ3n) is 4.04. The summed E-state index contributed by atoms with van der Waals surface area (Å²) in [5.41, 5.74) is 3.91. The Morgan fingerprint density at radius 2 is 2.00 bits per heavy atom. The predicted molar refractivity (Wildman–Crippen MR) is 82.6 cm³/mol. The van der Waals surface area contributed by atoms with Crippen LogP contribution in [0, 0.1) is 5.92 Å². The molecule has 1 aromatic carbocycles. The summed E-state index contributed by atoms with van der Waals surface area (Å²) in [4.78, 5) is 5.34. The van der Waals surface area contributed by atoms with Gasteiger partial charge in [-0.2, -0.15) is 5.48 Å². The van der Waals surface area contributed by atoms with Crippen LogP contribution in [0.3, 0.4) is 0 Å². The van der Waals surface area contributed by atoms with Crippen LogP contribution in [0.5, 0.6) is 0 Å². The number of hydrogen-bond donors (Lipinski definition) is 2. The molecule has 4 heteroatoms. The number of rotatable bonds is 8. The molecule has 0 aliphatic heterocycles. The maximum atomic E-state index is 9.90. The highest BCUT2D eigenvalue weighted by Crippen LogP contribution is 2.26. The van der Waals surface area contributed by atoms with Gasteiger partial charge in [-0.3, -0.25) is 4.84 Å². The van der Waals surface area contributed by atoms with Crippen molar-refractivity contribution in [2.75, 3.05) is 13.2 Å². The molecular weight excluding hydrogens is 266 g/mol. The van der Waals surface area contributed by atoms with E-state index in [1.165, 1.54) is 19.3 Å². The van der Waals surface area contributed by atoms with Gasteiger partial charge in [0.1, 0.15) is 0 Å². The summed E-state index contributed by atoms with van der Waals surface area (Å²) in [6.07, 6.45) is 4.67. The lowest BCUT2D eigenvalue weighted by molar-refractivity contribution is -0.0618. The van der Waals surface area contributed by atoms with Gasteiger partial charge in [-0.25, -0.2) is 0 Å². The number of benzene rings is 1. The number of nitrogens with one attached hydrogen (secondary N) is 1. The molecule has 0 aromatic heterocycles. The molecule has 1 fully saturated rings. The first kappa shape index (κ1) is 16.4. The van der Waals surface area contributed by atoms with Crippen LogP contribution in [-0.4, -0.2) is 30.5 Å². The van der Waals surface area contributed by atoms with E-state index in [1.54, 1.807) is 0 Å². The van der Waals surface area contributed by atoms with E-state index in [9.17, 15) is 5.11 Å². The number of hydroxylamine groups is 1. The average molecular weight is 293 g/mol. The van der Waals surface area contributed by atoms with Gasteiger partial charge in [0.15, 0.2) is 0 Å². The van der Waals surface area contributed by atoms with Gasteiger partial charge in [-0.05, 0) is 24.3 Å². The fraction of sp³-hybridized carbons (Fsp3) is 0.647. The lowest BCUT2D eigenvalue weighted by Crippen LogP contribution is -2.34. The number of aliphatic hydroxyl groups is 1. The second kappa shape index (κ2) is 9.15. The first-order valence-electron chi connectivity index (χ1n) is 7.94. The van der Waals surface area contributed by atoms with Crippen LogP contribution in [0.2, 0.25) is 0 Å². The Morgan fingerprint density at radius 1 is 1.24 bits per heavy atom. The lowest BCUT2D eigenvalue weighted by atomic mass is 9.88. The highest BCUT2D eigenvalue weighted by Gasteiger charge is 2.22. The monoisotopic (exact) mass is 293 g/mol. The van der Waals surface area contributed by atoms with Gasteiger partial charge in [0.2, 0.25) is 0 Å². The SMILES string of the molecule is CC1CCCCC1OCC(O)CNOCc1ccccc1. The maximum Gasteiger partial charge on any atom is 0.0933 e. The predicted octanol–water partition coefficient (Wildman–Crippen LogP) is 2.66. The fourth-order valence-corrected chi connectivity index (χ4v) is 2.69. The molecule has 1 aliphatic rings. The molecule has 0 spiro atoms. The van der Waals surface area contributed by atoms with E-state index in [0.29, 0.717) is 31.8 Å². The third kappa shape index (κ3) is 6.14. The molecule has 4 nitrogen and oxygen atoms in total. The second-order valence-corrected chi connectivity index (χ2v) is 5.91. The van der Waals surface area contributed by atoms with Crippen LogP contribution < -0.4 is 5.48 Å². The summed E-state index contributed by atoms with van der Waals surface area (Å²) < 4.78 is 5.83. The van der Waals surface area contributed by atoms with Crippen molar-refractivity contribution in [3.63, 3.8) is 0 Å². The quantitative estimate of drug-likeness (QED) is 0.571. The van der Waals surface area contributed by atoms with Gasteiger partial charge in [-0.1, -0.05) is 50.1 Å². The molecule has 21 heavy (non-hydrogen) atoms. The molecule has 1 saturated carbocycles. The van der Waals surface area contributed by atoms with Crippen LogP contribution >= 0.6 is 0 Å². The van der Waals surface area contributed by atoms with Crippen molar-refractivity contribution < 1.29 is 14.7 Å². The zero-order valence-electron chi connectivity index (χ0n) is 12.8. The third-order valence-corrected chi connectivity index (χ3v) is 4.04. The van der Waals surface area contributed by atoms with Gasteiger partial charge in [-0.15, -0.1) is 0 Å². The van der Waals surface area contributed by atoms with Crippen molar-refractivity contribution in [2.24, 2.45) is 5.92 Å². The van der Waals surface area contributed by atoms with E-state index in [2.05, 4.69) is 12.4 Å². The topological polar surface area (TPSA) is 50.7 Å². The molecule has 0 heterocycles.